The molecule has 0 atom stereocenters. The number of methoxy groups -OCH3 is 1. The van der Waals surface area contributed by atoms with Crippen LogP contribution in [0.25, 0.3) is 0 Å². The smallest absolute Gasteiger partial charge is 0.387 e. The molecule has 0 bridgehead atoms. The first-order valence-corrected chi connectivity index (χ1v) is 5.49. The lowest BCUT2D eigenvalue weighted by Gasteiger charge is -2.12. The number of carbonyl (C=O) groups is 1. The molecule has 6 heteroatoms. The van der Waals surface area contributed by atoms with E-state index >= 15 is 0 Å². The Morgan fingerprint density at radius 2 is 2.11 bits per heavy atom. The van der Waals surface area contributed by atoms with Gasteiger partial charge in [0.2, 0.25) is 5.91 Å². The van der Waals surface area contributed by atoms with Gasteiger partial charge >= 0.3 is 6.61 Å². The van der Waals surface area contributed by atoms with Crippen LogP contribution in [0.15, 0.2) is 18.2 Å². The first kappa shape index (κ1) is 14.2. The number of anilines is 1. The normalized spacial score (nSPS) is 10.3. The van der Waals surface area contributed by atoms with Crippen molar-refractivity contribution in [2.45, 2.75) is 26.4 Å². The summed E-state index contributed by atoms with van der Waals surface area (Å²) in [4.78, 5) is 11.4. The summed E-state index contributed by atoms with van der Waals surface area (Å²) in [5.41, 5.74) is 0.393. The molecule has 4 nitrogen and oxygen atoms in total. The molecule has 0 aliphatic rings. The highest BCUT2D eigenvalue weighted by atomic mass is 19.3. The SMILES string of the molecule is CCCC(=O)Nc1ccc(OC)c(OC(F)F)c1. The zero-order chi connectivity index (χ0) is 13.5. The lowest BCUT2D eigenvalue weighted by atomic mass is 10.2. The number of hydrogen-bond acceptors (Lipinski definition) is 3. The summed E-state index contributed by atoms with van der Waals surface area (Å²) in [5.74, 6) is -0.101. The zero-order valence-electron chi connectivity index (χ0n) is 10.2. The van der Waals surface area contributed by atoms with E-state index in [0.29, 0.717) is 18.5 Å². The van der Waals surface area contributed by atoms with Gasteiger partial charge in [0.15, 0.2) is 11.5 Å². The number of rotatable bonds is 6. The molecule has 18 heavy (non-hydrogen) atoms. The van der Waals surface area contributed by atoms with Crippen LogP contribution in [0.3, 0.4) is 0 Å². The molecule has 0 aromatic heterocycles. The molecule has 0 radical (unpaired) electrons. The molecular weight excluding hydrogens is 244 g/mol. The third-order valence-electron chi connectivity index (χ3n) is 2.14. The molecule has 0 aliphatic carbocycles. The van der Waals surface area contributed by atoms with E-state index < -0.39 is 6.61 Å². The van der Waals surface area contributed by atoms with E-state index in [-0.39, 0.29) is 17.4 Å². The molecule has 1 aromatic carbocycles. The average molecular weight is 259 g/mol. The fourth-order valence-electron chi connectivity index (χ4n) is 1.39. The molecule has 1 aromatic rings. The van der Waals surface area contributed by atoms with Crippen LogP contribution in [0, 0.1) is 0 Å². The fraction of sp³-hybridized carbons (Fsp3) is 0.417. The number of halogens is 2. The summed E-state index contributed by atoms with van der Waals surface area (Å²) in [6.07, 6.45) is 1.08. The summed E-state index contributed by atoms with van der Waals surface area (Å²) < 4.78 is 33.6. The highest BCUT2D eigenvalue weighted by Crippen LogP contribution is 2.31. The summed E-state index contributed by atoms with van der Waals surface area (Å²) >= 11 is 0. The maximum absolute atomic E-state index is 12.2. The molecule has 1 amide bonds. The summed E-state index contributed by atoms with van der Waals surface area (Å²) in [6.45, 7) is -1.07. The first-order valence-electron chi connectivity index (χ1n) is 5.49. The van der Waals surface area contributed by atoms with Crippen molar-refractivity contribution in [2.75, 3.05) is 12.4 Å². The molecule has 100 valence electrons. The van der Waals surface area contributed by atoms with Gasteiger partial charge in [0.1, 0.15) is 0 Å². The Morgan fingerprint density at radius 3 is 2.67 bits per heavy atom. The minimum Gasteiger partial charge on any atom is -0.493 e. The van der Waals surface area contributed by atoms with Crippen LogP contribution < -0.4 is 14.8 Å². The van der Waals surface area contributed by atoms with Crippen LogP contribution in [-0.4, -0.2) is 19.6 Å². The van der Waals surface area contributed by atoms with Crippen molar-refractivity contribution >= 4 is 11.6 Å². The Bertz CT molecular complexity index is 410. The first-order chi connectivity index (χ1) is 8.56. The number of nitrogens with one attached hydrogen (secondary N) is 1. The summed E-state index contributed by atoms with van der Waals surface area (Å²) in [5, 5.41) is 2.59. The number of hydrogen-bond donors (Lipinski definition) is 1. The second-order valence-corrected chi connectivity index (χ2v) is 3.54. The van der Waals surface area contributed by atoms with Crippen LogP contribution in [-0.2, 0) is 4.79 Å². The van der Waals surface area contributed by atoms with Crippen molar-refractivity contribution < 1.29 is 23.0 Å². The van der Waals surface area contributed by atoms with E-state index in [2.05, 4.69) is 10.1 Å². The molecular formula is C12H15F2NO3. The lowest BCUT2D eigenvalue weighted by molar-refractivity contribution is -0.116. The molecule has 1 rings (SSSR count). The summed E-state index contributed by atoms with van der Waals surface area (Å²) in [7, 11) is 1.35. The minimum absolute atomic E-state index is 0.109. The van der Waals surface area contributed by atoms with Crippen molar-refractivity contribution in [3.63, 3.8) is 0 Å². The number of ether oxygens (including phenoxy) is 2. The van der Waals surface area contributed by atoms with Gasteiger partial charge in [-0.25, -0.2) is 0 Å². The van der Waals surface area contributed by atoms with Crippen LogP contribution in [0.4, 0.5) is 14.5 Å². The Balaban J connectivity index is 2.85. The summed E-state index contributed by atoms with van der Waals surface area (Å²) in [6, 6.07) is 4.32. The van der Waals surface area contributed by atoms with E-state index in [1.807, 2.05) is 6.92 Å². The predicted octanol–water partition coefficient (Wildman–Crippen LogP) is 3.04. The monoisotopic (exact) mass is 259 g/mol. The van der Waals surface area contributed by atoms with Crippen LogP contribution in [0.2, 0.25) is 0 Å². The van der Waals surface area contributed by atoms with Crippen LogP contribution in [0.5, 0.6) is 11.5 Å². The Kier molecular flexibility index (Phi) is 5.35. The largest absolute Gasteiger partial charge is 0.493 e. The van der Waals surface area contributed by atoms with Gasteiger partial charge in [-0.1, -0.05) is 6.92 Å². The van der Waals surface area contributed by atoms with Crippen molar-refractivity contribution in [1.29, 1.82) is 0 Å². The Labute approximate surface area is 104 Å². The van der Waals surface area contributed by atoms with Gasteiger partial charge < -0.3 is 14.8 Å². The van der Waals surface area contributed by atoms with Crippen molar-refractivity contribution in [1.82, 2.24) is 0 Å². The lowest BCUT2D eigenvalue weighted by Crippen LogP contribution is -2.11. The van der Waals surface area contributed by atoms with Gasteiger partial charge in [-0.3, -0.25) is 4.79 Å². The zero-order valence-corrected chi connectivity index (χ0v) is 10.2. The van der Waals surface area contributed by atoms with Crippen molar-refractivity contribution in [3.8, 4) is 11.5 Å². The molecule has 0 spiro atoms. The van der Waals surface area contributed by atoms with Gasteiger partial charge in [0, 0.05) is 18.2 Å². The van der Waals surface area contributed by atoms with Crippen LogP contribution in [0.1, 0.15) is 19.8 Å². The van der Waals surface area contributed by atoms with E-state index in [1.54, 1.807) is 6.07 Å². The quantitative estimate of drug-likeness (QED) is 0.854. The molecule has 0 aliphatic heterocycles. The van der Waals surface area contributed by atoms with Gasteiger partial charge in [-0.05, 0) is 18.6 Å². The predicted molar refractivity (Wildman–Crippen MR) is 63.2 cm³/mol. The second-order valence-electron chi connectivity index (χ2n) is 3.54. The van der Waals surface area contributed by atoms with E-state index in [0.717, 1.165) is 0 Å². The highest BCUT2D eigenvalue weighted by Gasteiger charge is 2.12. The third kappa shape index (κ3) is 4.20. The van der Waals surface area contributed by atoms with Gasteiger partial charge in [-0.15, -0.1) is 0 Å². The molecule has 0 fully saturated rings. The standard InChI is InChI=1S/C12H15F2NO3/c1-3-4-11(16)15-8-5-6-9(17-2)10(7-8)18-12(13)14/h5-7,12H,3-4H2,1-2H3,(H,15,16). The van der Waals surface area contributed by atoms with E-state index in [1.165, 1.54) is 19.2 Å². The molecule has 0 unspecified atom stereocenters. The molecule has 0 heterocycles. The number of alkyl halides is 2. The number of benzene rings is 1. The van der Waals surface area contributed by atoms with Gasteiger partial charge in [0.05, 0.1) is 7.11 Å². The van der Waals surface area contributed by atoms with Gasteiger partial charge in [0.25, 0.3) is 0 Å². The maximum Gasteiger partial charge on any atom is 0.387 e. The number of amides is 1. The van der Waals surface area contributed by atoms with Crippen molar-refractivity contribution in [2.24, 2.45) is 0 Å². The topological polar surface area (TPSA) is 47.6 Å². The Hall–Kier alpha value is -1.85. The molecule has 0 saturated heterocycles. The molecule has 0 saturated carbocycles. The minimum atomic E-state index is -2.94. The average Bonchev–Trinajstić information content (AvgIpc) is 2.28. The second kappa shape index (κ2) is 6.78. The van der Waals surface area contributed by atoms with E-state index in [4.69, 9.17) is 4.74 Å². The van der Waals surface area contributed by atoms with Gasteiger partial charge in [-0.2, -0.15) is 8.78 Å². The third-order valence-corrected chi connectivity index (χ3v) is 2.14. The highest BCUT2D eigenvalue weighted by molar-refractivity contribution is 5.91. The van der Waals surface area contributed by atoms with Crippen LogP contribution >= 0.6 is 0 Å². The molecule has 1 N–H and O–H groups in total. The fourth-order valence-corrected chi connectivity index (χ4v) is 1.39. The van der Waals surface area contributed by atoms with Crippen molar-refractivity contribution in [3.05, 3.63) is 18.2 Å². The number of carbonyl (C=O) groups excluding carboxylic acids is 1. The van der Waals surface area contributed by atoms with E-state index in [9.17, 15) is 13.6 Å². The maximum atomic E-state index is 12.2. The Morgan fingerprint density at radius 1 is 1.39 bits per heavy atom.